The fourth-order valence-electron chi connectivity index (χ4n) is 1.09. The second-order valence-electron chi connectivity index (χ2n) is 2.59. The number of ether oxygens (including phenoxy) is 1. The van der Waals surface area contributed by atoms with Crippen molar-refractivity contribution in [1.82, 2.24) is 0 Å². The van der Waals surface area contributed by atoms with Crippen molar-refractivity contribution in [3.8, 4) is 17.9 Å². The van der Waals surface area contributed by atoms with Gasteiger partial charge in [-0.3, -0.25) is 0 Å². The van der Waals surface area contributed by atoms with E-state index >= 15 is 0 Å². The van der Waals surface area contributed by atoms with Gasteiger partial charge in [0.1, 0.15) is 0 Å². The molecule has 0 fully saturated rings. The van der Waals surface area contributed by atoms with E-state index < -0.39 is 5.82 Å². The topological polar surface area (TPSA) is 56.8 Å². The largest absolute Gasteiger partial charge is 0.494 e. The van der Waals surface area contributed by atoms with Crippen molar-refractivity contribution in [3.63, 3.8) is 0 Å². The lowest BCUT2D eigenvalue weighted by Crippen LogP contribution is -1.95. The predicted molar refractivity (Wildman–Crippen MR) is 47.0 cm³/mol. The van der Waals surface area contributed by atoms with E-state index in [0.717, 1.165) is 6.07 Å². The predicted octanol–water partition coefficient (Wildman–Crippen LogP) is 1.77. The molecule has 1 aromatic carbocycles. The van der Waals surface area contributed by atoms with Crippen molar-refractivity contribution in [2.45, 2.75) is 6.42 Å². The Morgan fingerprint density at radius 2 is 2.14 bits per heavy atom. The Labute approximate surface area is 81.0 Å². The summed E-state index contributed by atoms with van der Waals surface area (Å²) >= 11 is 0. The van der Waals surface area contributed by atoms with Gasteiger partial charge in [-0.1, -0.05) is 0 Å². The monoisotopic (exact) mass is 190 g/mol. The van der Waals surface area contributed by atoms with Gasteiger partial charge in [0, 0.05) is 0 Å². The Hall–Kier alpha value is -2.07. The van der Waals surface area contributed by atoms with E-state index in [-0.39, 0.29) is 17.7 Å². The molecule has 1 aromatic rings. The summed E-state index contributed by atoms with van der Waals surface area (Å²) in [5.74, 6) is -0.542. The Balaban J connectivity index is 3.28. The molecule has 3 nitrogen and oxygen atoms in total. The molecule has 1 rings (SSSR count). The van der Waals surface area contributed by atoms with Gasteiger partial charge in [-0.2, -0.15) is 10.5 Å². The van der Waals surface area contributed by atoms with Gasteiger partial charge in [-0.25, -0.2) is 4.39 Å². The maximum atomic E-state index is 13.1. The molecule has 0 N–H and O–H groups in total. The number of benzene rings is 1. The second-order valence-corrected chi connectivity index (χ2v) is 2.59. The summed E-state index contributed by atoms with van der Waals surface area (Å²) in [6.07, 6.45) is 0.0690. The minimum Gasteiger partial charge on any atom is -0.494 e. The molecule has 0 aromatic heterocycles. The lowest BCUT2D eigenvalue weighted by Gasteiger charge is -2.04. The second kappa shape index (κ2) is 4.25. The lowest BCUT2D eigenvalue weighted by atomic mass is 10.1. The minimum atomic E-state index is -0.592. The molecule has 0 heterocycles. The highest BCUT2D eigenvalue weighted by molar-refractivity contribution is 5.44. The van der Waals surface area contributed by atoms with Crippen LogP contribution in [-0.2, 0) is 6.42 Å². The average molecular weight is 190 g/mol. The van der Waals surface area contributed by atoms with Crippen molar-refractivity contribution in [3.05, 3.63) is 29.1 Å². The van der Waals surface area contributed by atoms with Crippen LogP contribution in [0.2, 0.25) is 0 Å². The standard InChI is InChI=1S/C10H7FN2O/c1-14-10-5-7(2-3-12)8(6-13)4-9(10)11/h4-5H,2H2,1H3. The summed E-state index contributed by atoms with van der Waals surface area (Å²) < 4.78 is 17.8. The first-order valence-electron chi connectivity index (χ1n) is 3.86. The first kappa shape index (κ1) is 10.0. The number of nitriles is 2. The maximum absolute atomic E-state index is 13.1. The zero-order chi connectivity index (χ0) is 10.6. The zero-order valence-electron chi connectivity index (χ0n) is 7.54. The molecule has 0 spiro atoms. The number of rotatable bonds is 2. The number of hydrogen-bond acceptors (Lipinski definition) is 3. The Morgan fingerprint density at radius 1 is 1.43 bits per heavy atom. The Morgan fingerprint density at radius 3 is 2.64 bits per heavy atom. The quantitative estimate of drug-likeness (QED) is 0.714. The minimum absolute atomic E-state index is 0.0502. The lowest BCUT2D eigenvalue weighted by molar-refractivity contribution is 0.386. The normalized spacial score (nSPS) is 8.86. The highest BCUT2D eigenvalue weighted by Crippen LogP contribution is 2.22. The summed E-state index contributed by atoms with van der Waals surface area (Å²) in [5.41, 5.74) is 0.651. The Bertz CT molecular complexity index is 429. The molecular weight excluding hydrogens is 183 g/mol. The number of methoxy groups -OCH3 is 1. The first-order chi connectivity index (χ1) is 6.72. The van der Waals surface area contributed by atoms with Crippen LogP contribution in [0.1, 0.15) is 11.1 Å². The third-order valence-electron chi connectivity index (χ3n) is 1.77. The molecule has 0 radical (unpaired) electrons. The van der Waals surface area contributed by atoms with Gasteiger partial charge in [-0.15, -0.1) is 0 Å². The van der Waals surface area contributed by atoms with Crippen molar-refractivity contribution in [2.24, 2.45) is 0 Å². The summed E-state index contributed by atoms with van der Waals surface area (Å²) in [6.45, 7) is 0. The average Bonchev–Trinajstić information content (AvgIpc) is 2.20. The van der Waals surface area contributed by atoms with Crippen LogP contribution in [0.25, 0.3) is 0 Å². The van der Waals surface area contributed by atoms with E-state index in [9.17, 15) is 4.39 Å². The molecule has 0 saturated heterocycles. The fraction of sp³-hybridized carbons (Fsp3) is 0.200. The van der Waals surface area contributed by atoms with Crippen LogP contribution in [0.3, 0.4) is 0 Å². The number of hydrogen-bond donors (Lipinski definition) is 0. The van der Waals surface area contributed by atoms with Crippen LogP contribution in [0.15, 0.2) is 12.1 Å². The molecule has 14 heavy (non-hydrogen) atoms. The molecule has 70 valence electrons. The molecule has 0 unspecified atom stereocenters. The first-order valence-corrected chi connectivity index (χ1v) is 3.86. The van der Waals surface area contributed by atoms with E-state index in [1.807, 2.05) is 12.1 Å². The molecule has 0 aliphatic carbocycles. The van der Waals surface area contributed by atoms with Gasteiger partial charge in [-0.05, 0) is 17.7 Å². The van der Waals surface area contributed by atoms with E-state index in [0.29, 0.717) is 5.56 Å². The van der Waals surface area contributed by atoms with E-state index in [1.54, 1.807) is 0 Å². The zero-order valence-corrected chi connectivity index (χ0v) is 7.54. The van der Waals surface area contributed by atoms with Crippen LogP contribution in [0.4, 0.5) is 4.39 Å². The number of halogens is 1. The summed E-state index contributed by atoms with van der Waals surface area (Å²) in [5, 5.41) is 17.1. The number of nitrogens with zero attached hydrogens (tertiary/aromatic N) is 2. The molecule has 0 saturated carbocycles. The van der Waals surface area contributed by atoms with Crippen molar-refractivity contribution >= 4 is 0 Å². The highest BCUT2D eigenvalue weighted by atomic mass is 19.1. The van der Waals surface area contributed by atoms with Gasteiger partial charge in [0.15, 0.2) is 11.6 Å². The van der Waals surface area contributed by atoms with Crippen molar-refractivity contribution in [1.29, 1.82) is 10.5 Å². The summed E-state index contributed by atoms with van der Waals surface area (Å²) in [6, 6.07) is 6.17. The molecule has 0 atom stereocenters. The van der Waals surface area contributed by atoms with Gasteiger partial charge >= 0.3 is 0 Å². The third kappa shape index (κ3) is 1.81. The van der Waals surface area contributed by atoms with Crippen LogP contribution < -0.4 is 4.74 Å². The third-order valence-corrected chi connectivity index (χ3v) is 1.77. The van der Waals surface area contributed by atoms with Crippen LogP contribution in [-0.4, -0.2) is 7.11 Å². The van der Waals surface area contributed by atoms with Gasteiger partial charge in [0.05, 0.1) is 31.2 Å². The van der Waals surface area contributed by atoms with E-state index in [2.05, 4.69) is 0 Å². The molecule has 0 aliphatic rings. The molecular formula is C10H7FN2O. The van der Waals surface area contributed by atoms with Gasteiger partial charge in [0.25, 0.3) is 0 Å². The summed E-state index contributed by atoms with van der Waals surface area (Å²) in [7, 11) is 1.33. The van der Waals surface area contributed by atoms with Crippen molar-refractivity contribution < 1.29 is 9.13 Å². The molecule has 0 aliphatic heterocycles. The molecule has 4 heteroatoms. The fourth-order valence-corrected chi connectivity index (χ4v) is 1.09. The SMILES string of the molecule is COc1cc(CC#N)c(C#N)cc1F. The van der Waals surface area contributed by atoms with Crippen molar-refractivity contribution in [2.75, 3.05) is 7.11 Å². The van der Waals surface area contributed by atoms with Gasteiger partial charge < -0.3 is 4.74 Å². The van der Waals surface area contributed by atoms with Crippen LogP contribution in [0.5, 0.6) is 5.75 Å². The highest BCUT2D eigenvalue weighted by Gasteiger charge is 2.09. The summed E-state index contributed by atoms with van der Waals surface area (Å²) in [4.78, 5) is 0. The smallest absolute Gasteiger partial charge is 0.166 e. The van der Waals surface area contributed by atoms with E-state index in [4.69, 9.17) is 15.3 Å². The van der Waals surface area contributed by atoms with Crippen LogP contribution >= 0.6 is 0 Å². The Kier molecular flexibility index (Phi) is 3.04. The molecule has 0 amide bonds. The molecule has 0 bridgehead atoms. The maximum Gasteiger partial charge on any atom is 0.166 e. The van der Waals surface area contributed by atoms with Gasteiger partial charge in [0.2, 0.25) is 0 Å². The van der Waals surface area contributed by atoms with E-state index in [1.165, 1.54) is 13.2 Å². The van der Waals surface area contributed by atoms with Crippen LogP contribution in [0, 0.1) is 28.5 Å².